The second kappa shape index (κ2) is 5.47. The van der Waals surface area contributed by atoms with E-state index in [9.17, 15) is 4.39 Å². The van der Waals surface area contributed by atoms with Crippen LogP contribution in [0.4, 0.5) is 4.39 Å². The van der Waals surface area contributed by atoms with Crippen molar-refractivity contribution < 1.29 is 9.13 Å². The van der Waals surface area contributed by atoms with Gasteiger partial charge in [-0.1, -0.05) is 12.1 Å². The molecule has 0 saturated carbocycles. The normalized spacial score (nSPS) is 19.7. The fourth-order valence-corrected chi connectivity index (χ4v) is 1.98. The van der Waals surface area contributed by atoms with Gasteiger partial charge in [0.1, 0.15) is 0 Å². The number of methoxy groups -OCH3 is 1. The van der Waals surface area contributed by atoms with Gasteiger partial charge < -0.3 is 10.1 Å². The highest BCUT2D eigenvalue weighted by atomic mass is 79.9. The maximum Gasteiger partial charge on any atom is 0.165 e. The van der Waals surface area contributed by atoms with Crippen LogP contribution < -0.4 is 10.1 Å². The molecule has 1 aromatic carbocycles. The van der Waals surface area contributed by atoms with Crippen molar-refractivity contribution in [3.05, 3.63) is 29.6 Å². The number of benzene rings is 1. The number of nitrogens with one attached hydrogen (secondary N) is 1. The smallest absolute Gasteiger partial charge is 0.165 e. The molecule has 0 radical (unpaired) electrons. The van der Waals surface area contributed by atoms with E-state index in [4.69, 9.17) is 4.74 Å². The van der Waals surface area contributed by atoms with E-state index < -0.39 is 0 Å². The average Bonchev–Trinajstić information content (AvgIpc) is 2.70. The van der Waals surface area contributed by atoms with E-state index in [1.165, 1.54) is 13.2 Å². The molecule has 1 aliphatic heterocycles. The van der Waals surface area contributed by atoms with Crippen LogP contribution in [0, 0.1) is 5.82 Å². The summed E-state index contributed by atoms with van der Waals surface area (Å²) in [5, 5.41) is 3.26. The first kappa shape index (κ1) is 12.5. The van der Waals surface area contributed by atoms with Crippen molar-refractivity contribution in [2.24, 2.45) is 0 Å². The molecule has 0 aromatic heterocycles. The van der Waals surface area contributed by atoms with E-state index in [-0.39, 0.29) is 22.8 Å². The van der Waals surface area contributed by atoms with E-state index in [0.717, 1.165) is 25.1 Å². The zero-order chi connectivity index (χ0) is 9.97. The average molecular weight is 276 g/mol. The molecule has 1 heterocycles. The molecule has 0 aliphatic carbocycles. The van der Waals surface area contributed by atoms with Gasteiger partial charge in [0, 0.05) is 18.0 Å². The summed E-state index contributed by atoms with van der Waals surface area (Å²) >= 11 is 0. The second-order valence-corrected chi connectivity index (χ2v) is 3.55. The first-order valence-corrected chi connectivity index (χ1v) is 4.86. The quantitative estimate of drug-likeness (QED) is 0.896. The molecule has 15 heavy (non-hydrogen) atoms. The van der Waals surface area contributed by atoms with Crippen LogP contribution in [0.5, 0.6) is 5.75 Å². The van der Waals surface area contributed by atoms with Crippen LogP contribution >= 0.6 is 17.0 Å². The lowest BCUT2D eigenvalue weighted by atomic mass is 9.97. The highest BCUT2D eigenvalue weighted by Crippen LogP contribution is 2.32. The Hall–Kier alpha value is -0.610. The van der Waals surface area contributed by atoms with Gasteiger partial charge in [-0.3, -0.25) is 0 Å². The Morgan fingerprint density at radius 1 is 1.47 bits per heavy atom. The third-order valence-electron chi connectivity index (χ3n) is 2.70. The number of halogens is 2. The highest BCUT2D eigenvalue weighted by Gasteiger charge is 2.21. The van der Waals surface area contributed by atoms with Gasteiger partial charge in [-0.2, -0.15) is 0 Å². The Kier molecular flexibility index (Phi) is 4.54. The van der Waals surface area contributed by atoms with Gasteiger partial charge in [0.05, 0.1) is 7.11 Å². The van der Waals surface area contributed by atoms with Crippen LogP contribution in [0.1, 0.15) is 17.9 Å². The van der Waals surface area contributed by atoms with E-state index in [0.29, 0.717) is 11.7 Å². The van der Waals surface area contributed by atoms with Crippen molar-refractivity contribution in [2.45, 2.75) is 12.3 Å². The molecule has 1 fully saturated rings. The molecule has 0 spiro atoms. The van der Waals surface area contributed by atoms with Gasteiger partial charge in [0.15, 0.2) is 11.6 Å². The lowest BCUT2D eigenvalue weighted by Crippen LogP contribution is -2.09. The molecule has 0 bridgehead atoms. The van der Waals surface area contributed by atoms with Crippen molar-refractivity contribution >= 4 is 17.0 Å². The summed E-state index contributed by atoms with van der Waals surface area (Å²) in [5.74, 6) is 0.527. The lowest BCUT2D eigenvalue weighted by Gasteiger charge is -2.13. The van der Waals surface area contributed by atoms with Gasteiger partial charge in [0.25, 0.3) is 0 Å². The molecule has 4 heteroatoms. The summed E-state index contributed by atoms with van der Waals surface area (Å²) in [7, 11) is 1.52. The van der Waals surface area contributed by atoms with Crippen molar-refractivity contribution in [1.29, 1.82) is 0 Å². The second-order valence-electron chi connectivity index (χ2n) is 3.55. The number of ether oxygens (including phenoxy) is 1. The molecule has 84 valence electrons. The lowest BCUT2D eigenvalue weighted by molar-refractivity contribution is 0.378. The fourth-order valence-electron chi connectivity index (χ4n) is 1.98. The first-order chi connectivity index (χ1) is 6.83. The molecule has 1 unspecified atom stereocenters. The molecule has 1 aliphatic rings. The first-order valence-electron chi connectivity index (χ1n) is 4.86. The SMILES string of the molecule is Br.COc1c(F)cccc1C1CCNC1. The van der Waals surface area contributed by atoms with Crippen molar-refractivity contribution in [1.82, 2.24) is 5.32 Å². The van der Waals surface area contributed by atoms with E-state index in [2.05, 4.69) is 5.32 Å². The third kappa shape index (κ3) is 2.49. The molecular formula is C11H15BrFNO. The maximum absolute atomic E-state index is 13.4. The largest absolute Gasteiger partial charge is 0.493 e. The summed E-state index contributed by atoms with van der Waals surface area (Å²) in [6.45, 7) is 1.92. The highest BCUT2D eigenvalue weighted by molar-refractivity contribution is 8.93. The zero-order valence-corrected chi connectivity index (χ0v) is 10.3. The minimum absolute atomic E-state index is 0. The van der Waals surface area contributed by atoms with E-state index >= 15 is 0 Å². The Balaban J connectivity index is 0.00000112. The van der Waals surface area contributed by atoms with Crippen LogP contribution in [0.3, 0.4) is 0 Å². The van der Waals surface area contributed by atoms with Gasteiger partial charge in [-0.25, -0.2) is 4.39 Å². The van der Waals surface area contributed by atoms with Gasteiger partial charge in [-0.15, -0.1) is 17.0 Å². The summed E-state index contributed by atoms with van der Waals surface area (Å²) in [4.78, 5) is 0. The number of rotatable bonds is 2. The number of hydrogen-bond acceptors (Lipinski definition) is 2. The zero-order valence-electron chi connectivity index (χ0n) is 8.63. The van der Waals surface area contributed by atoms with E-state index in [1.54, 1.807) is 6.07 Å². The maximum atomic E-state index is 13.4. The van der Waals surface area contributed by atoms with Gasteiger partial charge in [0.2, 0.25) is 0 Å². The van der Waals surface area contributed by atoms with Crippen LogP contribution in [0.2, 0.25) is 0 Å². The summed E-state index contributed by atoms with van der Waals surface area (Å²) < 4.78 is 18.4. The Morgan fingerprint density at radius 3 is 2.87 bits per heavy atom. The molecule has 1 N–H and O–H groups in total. The molecule has 2 nitrogen and oxygen atoms in total. The standard InChI is InChI=1S/C11H14FNO.BrH/c1-14-11-9(3-2-4-10(11)12)8-5-6-13-7-8;/h2-4,8,13H,5-7H2,1H3;1H. The van der Waals surface area contributed by atoms with Crippen molar-refractivity contribution in [2.75, 3.05) is 20.2 Å². The third-order valence-corrected chi connectivity index (χ3v) is 2.70. The number of para-hydroxylation sites is 1. The summed E-state index contributed by atoms with van der Waals surface area (Å²) in [5.41, 5.74) is 0.984. The minimum Gasteiger partial charge on any atom is -0.493 e. The molecular weight excluding hydrogens is 261 g/mol. The topological polar surface area (TPSA) is 21.3 Å². The Morgan fingerprint density at radius 2 is 2.27 bits per heavy atom. The van der Waals surface area contributed by atoms with Gasteiger partial charge in [-0.05, 0) is 19.0 Å². The van der Waals surface area contributed by atoms with Crippen molar-refractivity contribution in [3.8, 4) is 5.75 Å². The minimum atomic E-state index is -0.267. The van der Waals surface area contributed by atoms with Crippen LogP contribution in [0.15, 0.2) is 18.2 Å². The molecule has 1 aromatic rings. The predicted molar refractivity (Wildman–Crippen MR) is 63.5 cm³/mol. The van der Waals surface area contributed by atoms with Crippen LogP contribution in [-0.2, 0) is 0 Å². The van der Waals surface area contributed by atoms with Gasteiger partial charge >= 0.3 is 0 Å². The molecule has 1 saturated heterocycles. The molecule has 0 amide bonds. The summed E-state index contributed by atoms with van der Waals surface area (Å²) in [6, 6.07) is 5.12. The van der Waals surface area contributed by atoms with Crippen molar-refractivity contribution in [3.63, 3.8) is 0 Å². The Bertz CT molecular complexity index is 326. The van der Waals surface area contributed by atoms with Crippen LogP contribution in [-0.4, -0.2) is 20.2 Å². The monoisotopic (exact) mass is 275 g/mol. The van der Waals surface area contributed by atoms with E-state index in [1.807, 2.05) is 6.07 Å². The molecule has 2 rings (SSSR count). The van der Waals surface area contributed by atoms with Crippen LogP contribution in [0.25, 0.3) is 0 Å². The Labute approximate surface area is 99.6 Å². The number of hydrogen-bond donors (Lipinski definition) is 1. The fraction of sp³-hybridized carbons (Fsp3) is 0.455. The molecule has 1 atom stereocenters. The predicted octanol–water partition coefficient (Wildman–Crippen LogP) is 2.49. The summed E-state index contributed by atoms with van der Waals surface area (Å²) in [6.07, 6.45) is 1.06.